The molecule has 0 saturated heterocycles. The summed E-state index contributed by atoms with van der Waals surface area (Å²) in [5, 5.41) is 0. The first kappa shape index (κ1) is 20.2. The van der Waals surface area contributed by atoms with Gasteiger partial charge in [-0.15, -0.1) is 0 Å². The van der Waals surface area contributed by atoms with Crippen LogP contribution >= 0.6 is 0 Å². The molecule has 4 rings (SSSR count). The Morgan fingerprint density at radius 2 is 1.57 bits per heavy atom. The number of fused-ring (bicyclic) bond motifs is 5. The molecule has 0 amide bonds. The molecule has 4 aliphatic rings. The zero-order valence-electron chi connectivity index (χ0n) is 18.0. The molecule has 4 fully saturated rings. The molecule has 5 nitrogen and oxygen atoms in total. The Balaban J connectivity index is 1.56. The van der Waals surface area contributed by atoms with Gasteiger partial charge in [0.2, 0.25) is 0 Å². The molecule has 0 spiro atoms. The molecule has 0 aromatic rings. The highest BCUT2D eigenvalue weighted by Crippen LogP contribution is 2.67. The lowest BCUT2D eigenvalue weighted by Gasteiger charge is -2.64. The fourth-order valence-corrected chi connectivity index (χ4v) is 7.97. The summed E-state index contributed by atoms with van der Waals surface area (Å²) in [6.45, 7) is 7.78. The lowest BCUT2D eigenvalue weighted by molar-refractivity contribution is -0.171. The first-order valence-electron chi connectivity index (χ1n) is 11.2. The van der Waals surface area contributed by atoms with E-state index in [1.165, 1.54) is 26.7 Å². The summed E-state index contributed by atoms with van der Waals surface area (Å²) in [5.74, 6) is 1.40. The van der Waals surface area contributed by atoms with E-state index in [0.29, 0.717) is 17.8 Å². The number of hydrogen-bond donors (Lipinski definition) is 1. The molecule has 0 aromatic carbocycles. The molecule has 3 unspecified atom stereocenters. The van der Waals surface area contributed by atoms with E-state index in [-0.39, 0.29) is 40.5 Å². The summed E-state index contributed by atoms with van der Waals surface area (Å²) >= 11 is 0. The summed E-state index contributed by atoms with van der Waals surface area (Å²) in [4.78, 5) is 23.1. The van der Waals surface area contributed by atoms with Crippen molar-refractivity contribution in [2.75, 3.05) is 0 Å². The fraction of sp³-hybridized carbons (Fsp3) is 0.913. The van der Waals surface area contributed by atoms with E-state index in [0.717, 1.165) is 44.9 Å². The first-order valence-corrected chi connectivity index (χ1v) is 11.2. The monoisotopic (exact) mass is 391 g/mol. The molecule has 0 bridgehead atoms. The van der Waals surface area contributed by atoms with Crippen LogP contribution in [-0.2, 0) is 19.1 Å². The third-order valence-electron chi connectivity index (χ3n) is 9.52. The Labute approximate surface area is 169 Å². The van der Waals surface area contributed by atoms with Gasteiger partial charge in [0.1, 0.15) is 12.2 Å². The highest BCUT2D eigenvalue weighted by molar-refractivity contribution is 5.66. The molecule has 4 aliphatic carbocycles. The minimum Gasteiger partial charge on any atom is -0.463 e. The Morgan fingerprint density at radius 3 is 2.25 bits per heavy atom. The number of rotatable bonds is 2. The molecule has 0 aromatic heterocycles. The topological polar surface area (TPSA) is 78.6 Å². The van der Waals surface area contributed by atoms with Crippen LogP contribution in [0.15, 0.2) is 0 Å². The van der Waals surface area contributed by atoms with Crippen LogP contribution in [0.2, 0.25) is 0 Å². The van der Waals surface area contributed by atoms with Gasteiger partial charge in [0.15, 0.2) is 0 Å². The van der Waals surface area contributed by atoms with E-state index in [1.807, 2.05) is 0 Å². The molecular weight excluding hydrogens is 354 g/mol. The summed E-state index contributed by atoms with van der Waals surface area (Å²) < 4.78 is 11.3. The number of carbonyl (C=O) groups excluding carboxylic acids is 2. The Morgan fingerprint density at radius 1 is 0.857 bits per heavy atom. The van der Waals surface area contributed by atoms with E-state index >= 15 is 0 Å². The van der Waals surface area contributed by atoms with Crippen molar-refractivity contribution in [1.29, 1.82) is 0 Å². The third kappa shape index (κ3) is 2.83. The minimum atomic E-state index is -0.239. The highest BCUT2D eigenvalue weighted by Gasteiger charge is 2.67. The smallest absolute Gasteiger partial charge is 0.302 e. The van der Waals surface area contributed by atoms with Crippen molar-refractivity contribution in [2.45, 2.75) is 103 Å². The predicted molar refractivity (Wildman–Crippen MR) is 106 cm³/mol. The zero-order chi connectivity index (χ0) is 20.3. The molecule has 158 valence electrons. The van der Waals surface area contributed by atoms with Crippen molar-refractivity contribution in [1.82, 2.24) is 0 Å². The minimum absolute atomic E-state index is 0.0406. The quantitative estimate of drug-likeness (QED) is 0.721. The number of nitrogens with two attached hydrogens (primary N) is 1. The van der Waals surface area contributed by atoms with Gasteiger partial charge < -0.3 is 15.2 Å². The maximum atomic E-state index is 11.7. The van der Waals surface area contributed by atoms with Crippen LogP contribution in [-0.4, -0.2) is 29.7 Å². The lowest BCUT2D eigenvalue weighted by atomic mass is 9.43. The van der Waals surface area contributed by atoms with Crippen molar-refractivity contribution in [3.05, 3.63) is 0 Å². The van der Waals surface area contributed by atoms with E-state index < -0.39 is 0 Å². The van der Waals surface area contributed by atoms with Crippen molar-refractivity contribution in [3.8, 4) is 0 Å². The Kier molecular flexibility index (Phi) is 4.84. The maximum Gasteiger partial charge on any atom is 0.302 e. The normalized spacial score (nSPS) is 50.1. The molecular formula is C23H37NO4. The number of carbonyl (C=O) groups is 2. The number of esters is 2. The highest BCUT2D eigenvalue weighted by atomic mass is 16.5. The van der Waals surface area contributed by atoms with Crippen LogP contribution in [0.1, 0.15) is 85.5 Å². The first-order chi connectivity index (χ1) is 13.1. The van der Waals surface area contributed by atoms with E-state index in [9.17, 15) is 9.59 Å². The third-order valence-corrected chi connectivity index (χ3v) is 9.52. The largest absolute Gasteiger partial charge is 0.463 e. The lowest BCUT2D eigenvalue weighted by Crippen LogP contribution is -2.67. The molecule has 5 heteroatoms. The van der Waals surface area contributed by atoms with Gasteiger partial charge in [-0.2, -0.15) is 0 Å². The fourth-order valence-electron chi connectivity index (χ4n) is 7.97. The molecule has 2 N–H and O–H groups in total. The van der Waals surface area contributed by atoms with Crippen molar-refractivity contribution >= 4 is 11.9 Å². The van der Waals surface area contributed by atoms with Gasteiger partial charge in [0, 0.05) is 24.8 Å². The van der Waals surface area contributed by atoms with Gasteiger partial charge >= 0.3 is 11.9 Å². The van der Waals surface area contributed by atoms with E-state index in [4.69, 9.17) is 15.2 Å². The van der Waals surface area contributed by atoms with Gasteiger partial charge in [0.25, 0.3) is 0 Å². The molecule has 0 heterocycles. The Hall–Kier alpha value is -1.10. The van der Waals surface area contributed by atoms with Crippen LogP contribution in [0.4, 0.5) is 0 Å². The van der Waals surface area contributed by atoms with E-state index in [2.05, 4.69) is 13.8 Å². The standard InChI is InChI=1S/C23H37NO4/c1-14(25)27-17-7-10-21(3)16(13-17)5-6-19-18(21)8-11-22(4)20(28-15(2)26)9-12-23(19,22)24/h16-20H,5-13,24H2,1-4H3/t16?,17?,18-,19-,20?,21+,22-,23-/m1/s1. The van der Waals surface area contributed by atoms with Crippen LogP contribution in [0.5, 0.6) is 0 Å². The van der Waals surface area contributed by atoms with Crippen LogP contribution in [0, 0.1) is 28.6 Å². The van der Waals surface area contributed by atoms with Gasteiger partial charge in [0.05, 0.1) is 0 Å². The molecule has 0 aliphatic heterocycles. The van der Waals surface area contributed by atoms with Crippen LogP contribution in [0.3, 0.4) is 0 Å². The maximum absolute atomic E-state index is 11.7. The summed E-state index contributed by atoms with van der Waals surface area (Å²) in [5.41, 5.74) is 7.16. The van der Waals surface area contributed by atoms with Gasteiger partial charge in [-0.3, -0.25) is 9.59 Å². The van der Waals surface area contributed by atoms with Gasteiger partial charge in [-0.1, -0.05) is 13.8 Å². The second-order valence-corrected chi connectivity index (χ2v) is 10.6. The summed E-state index contributed by atoms with van der Waals surface area (Å²) in [7, 11) is 0. The van der Waals surface area contributed by atoms with Crippen LogP contribution < -0.4 is 5.73 Å². The second kappa shape index (κ2) is 6.72. The molecule has 8 atom stereocenters. The number of ether oxygens (including phenoxy) is 2. The second-order valence-electron chi connectivity index (χ2n) is 10.6. The molecule has 28 heavy (non-hydrogen) atoms. The van der Waals surface area contributed by atoms with Gasteiger partial charge in [-0.25, -0.2) is 0 Å². The van der Waals surface area contributed by atoms with Gasteiger partial charge in [-0.05, 0) is 81.0 Å². The number of hydrogen-bond acceptors (Lipinski definition) is 5. The average Bonchev–Trinajstić information content (AvgIpc) is 2.86. The van der Waals surface area contributed by atoms with Crippen molar-refractivity contribution in [2.24, 2.45) is 34.3 Å². The Bertz CT molecular complexity index is 665. The van der Waals surface area contributed by atoms with Crippen molar-refractivity contribution < 1.29 is 19.1 Å². The molecule has 0 radical (unpaired) electrons. The summed E-state index contributed by atoms with van der Waals surface area (Å²) in [6.07, 6.45) is 9.53. The zero-order valence-corrected chi connectivity index (χ0v) is 18.0. The summed E-state index contributed by atoms with van der Waals surface area (Å²) in [6, 6.07) is 0. The predicted octanol–water partition coefficient (Wildman–Crippen LogP) is 3.97. The molecule has 4 saturated carbocycles. The van der Waals surface area contributed by atoms with Crippen molar-refractivity contribution in [3.63, 3.8) is 0 Å². The average molecular weight is 392 g/mol. The van der Waals surface area contributed by atoms with Crippen LogP contribution in [0.25, 0.3) is 0 Å². The SMILES string of the molecule is CC(=O)OC1CC[C@@]2(C)C(CC[C@@H]3[C@H]2CC[C@]2(C)C(OC(C)=O)CC[C@@]32N)C1. The van der Waals surface area contributed by atoms with E-state index in [1.54, 1.807) is 0 Å².